The van der Waals surface area contributed by atoms with Crippen LogP contribution in [0.4, 0.5) is 11.4 Å². The van der Waals surface area contributed by atoms with Gasteiger partial charge in [0.05, 0.1) is 11.4 Å². The number of anilines is 2. The van der Waals surface area contributed by atoms with Crippen LogP contribution in [0.5, 0.6) is 0 Å². The third-order valence-electron chi connectivity index (χ3n) is 2.50. The van der Waals surface area contributed by atoms with E-state index in [1.807, 2.05) is 18.2 Å². The molecule has 0 aliphatic heterocycles. The summed E-state index contributed by atoms with van der Waals surface area (Å²) in [6, 6.07) is 10.5. The molecule has 21 heavy (non-hydrogen) atoms. The molecule has 2 rings (SSSR count). The first-order chi connectivity index (χ1) is 9.96. The van der Waals surface area contributed by atoms with E-state index >= 15 is 0 Å². The number of nitrogen functional groups attached to an aromatic ring is 1. The summed E-state index contributed by atoms with van der Waals surface area (Å²) in [5, 5.41) is 0.129. The van der Waals surface area contributed by atoms with Crippen molar-refractivity contribution in [2.45, 2.75) is 4.90 Å². The van der Waals surface area contributed by atoms with Gasteiger partial charge in [0.2, 0.25) is 10.0 Å². The van der Waals surface area contributed by atoms with Crippen LogP contribution in [0.1, 0.15) is 0 Å². The molecule has 0 atom stereocenters. The lowest BCUT2D eigenvalue weighted by atomic mass is 10.3. The highest BCUT2D eigenvalue weighted by atomic mass is 35.5. The normalized spacial score (nSPS) is 11.3. The smallest absolute Gasteiger partial charge is 0.233 e. The van der Waals surface area contributed by atoms with Crippen LogP contribution in [0.25, 0.3) is 0 Å². The van der Waals surface area contributed by atoms with E-state index in [1.165, 1.54) is 18.0 Å². The Balaban J connectivity index is 1.91. The molecule has 1 aromatic heterocycles. The number of halogens is 1. The Labute approximate surface area is 133 Å². The number of nitrogens with one attached hydrogen (secondary N) is 1. The largest absolute Gasteiger partial charge is 0.399 e. The summed E-state index contributed by atoms with van der Waals surface area (Å²) >= 11 is 7.25. The number of hydrogen-bond donors (Lipinski definition) is 2. The van der Waals surface area contributed by atoms with E-state index in [1.54, 1.807) is 18.2 Å². The van der Waals surface area contributed by atoms with Crippen molar-refractivity contribution in [2.75, 3.05) is 22.0 Å². The summed E-state index contributed by atoms with van der Waals surface area (Å²) in [6.45, 7) is 0. The average Bonchev–Trinajstić information content (AvgIpc) is 2.41. The van der Waals surface area contributed by atoms with Crippen molar-refractivity contribution in [3.05, 3.63) is 47.7 Å². The highest BCUT2D eigenvalue weighted by molar-refractivity contribution is 8.01. The number of nitrogens with zero attached hydrogens (tertiary/aromatic N) is 1. The minimum absolute atomic E-state index is 0.0301. The second-order valence-electron chi connectivity index (χ2n) is 4.18. The molecule has 1 aromatic carbocycles. The lowest BCUT2D eigenvalue weighted by Crippen LogP contribution is -2.18. The zero-order valence-corrected chi connectivity index (χ0v) is 13.4. The van der Waals surface area contributed by atoms with Crippen LogP contribution in [-0.4, -0.2) is 24.9 Å². The molecule has 0 aliphatic rings. The molecular formula is C13H14ClN3O2S2. The number of hydrogen-bond acceptors (Lipinski definition) is 5. The molecule has 0 fully saturated rings. The fourth-order valence-corrected chi connectivity index (χ4v) is 4.22. The van der Waals surface area contributed by atoms with Crippen molar-refractivity contribution in [2.24, 2.45) is 0 Å². The van der Waals surface area contributed by atoms with Crippen LogP contribution in [-0.2, 0) is 10.0 Å². The first-order valence-electron chi connectivity index (χ1n) is 6.06. The summed E-state index contributed by atoms with van der Waals surface area (Å²) in [4.78, 5) is 4.76. The predicted molar refractivity (Wildman–Crippen MR) is 88.2 cm³/mol. The highest BCUT2D eigenvalue weighted by Crippen LogP contribution is 2.22. The van der Waals surface area contributed by atoms with Gasteiger partial charge in [0.25, 0.3) is 0 Å². The molecule has 112 valence electrons. The van der Waals surface area contributed by atoms with Gasteiger partial charge in [0, 0.05) is 22.5 Å². The van der Waals surface area contributed by atoms with Gasteiger partial charge >= 0.3 is 0 Å². The van der Waals surface area contributed by atoms with E-state index in [9.17, 15) is 8.42 Å². The molecule has 0 saturated heterocycles. The van der Waals surface area contributed by atoms with Crippen LogP contribution in [0.3, 0.4) is 0 Å². The number of aromatic nitrogens is 1. The van der Waals surface area contributed by atoms with Gasteiger partial charge in [-0.15, -0.1) is 11.8 Å². The van der Waals surface area contributed by atoms with Crippen LogP contribution in [0, 0.1) is 0 Å². The first kappa shape index (κ1) is 15.9. The molecule has 0 amide bonds. The zero-order valence-electron chi connectivity index (χ0n) is 11.0. The van der Waals surface area contributed by atoms with Gasteiger partial charge < -0.3 is 5.73 Å². The van der Waals surface area contributed by atoms with Crippen LogP contribution >= 0.6 is 23.4 Å². The minimum Gasteiger partial charge on any atom is -0.399 e. The van der Waals surface area contributed by atoms with E-state index in [-0.39, 0.29) is 16.6 Å². The van der Waals surface area contributed by atoms with Gasteiger partial charge in [-0.3, -0.25) is 4.72 Å². The maximum atomic E-state index is 12.0. The van der Waals surface area contributed by atoms with Crippen molar-refractivity contribution in [3.8, 4) is 0 Å². The Bertz CT molecular complexity index is 723. The summed E-state index contributed by atoms with van der Waals surface area (Å²) in [5.74, 6) is 0.383. The molecule has 0 unspecified atom stereocenters. The van der Waals surface area contributed by atoms with Crippen LogP contribution in [0.2, 0.25) is 5.15 Å². The van der Waals surface area contributed by atoms with E-state index in [0.717, 1.165) is 4.90 Å². The molecule has 0 aliphatic carbocycles. The number of rotatable bonds is 6. The Morgan fingerprint density at radius 2 is 2.10 bits per heavy atom. The maximum Gasteiger partial charge on any atom is 0.233 e. The van der Waals surface area contributed by atoms with Gasteiger partial charge in [-0.2, -0.15) is 0 Å². The number of pyridine rings is 1. The van der Waals surface area contributed by atoms with E-state index in [2.05, 4.69) is 9.71 Å². The topological polar surface area (TPSA) is 85.1 Å². The molecule has 0 radical (unpaired) electrons. The molecule has 8 heteroatoms. The molecule has 0 spiro atoms. The van der Waals surface area contributed by atoms with E-state index in [4.69, 9.17) is 17.3 Å². The van der Waals surface area contributed by atoms with Gasteiger partial charge in [0.15, 0.2) is 5.15 Å². The van der Waals surface area contributed by atoms with Crippen molar-refractivity contribution < 1.29 is 8.42 Å². The summed E-state index contributed by atoms with van der Waals surface area (Å²) in [6.07, 6.45) is 1.50. The maximum absolute atomic E-state index is 12.0. The Morgan fingerprint density at radius 3 is 2.81 bits per heavy atom. The second-order valence-corrected chi connectivity index (χ2v) is 7.55. The monoisotopic (exact) mass is 343 g/mol. The molecule has 0 bridgehead atoms. The third kappa shape index (κ3) is 5.11. The van der Waals surface area contributed by atoms with Crippen LogP contribution in [0.15, 0.2) is 47.5 Å². The molecular weight excluding hydrogens is 330 g/mol. The Kier molecular flexibility index (Phi) is 5.33. The second kappa shape index (κ2) is 7.02. The fourth-order valence-electron chi connectivity index (χ4n) is 1.55. The minimum atomic E-state index is -3.46. The summed E-state index contributed by atoms with van der Waals surface area (Å²) < 4.78 is 26.4. The molecule has 5 nitrogen and oxygen atoms in total. The summed E-state index contributed by atoms with van der Waals surface area (Å²) in [5.41, 5.74) is 6.61. The molecule has 2 aromatic rings. The number of benzene rings is 1. The van der Waals surface area contributed by atoms with Gasteiger partial charge in [-0.1, -0.05) is 17.7 Å². The van der Waals surface area contributed by atoms with E-state index in [0.29, 0.717) is 11.4 Å². The van der Waals surface area contributed by atoms with Gasteiger partial charge in [-0.05, 0) is 30.3 Å². The molecule has 1 heterocycles. The van der Waals surface area contributed by atoms with Gasteiger partial charge in [-0.25, -0.2) is 13.4 Å². The quantitative estimate of drug-likeness (QED) is 0.478. The average molecular weight is 344 g/mol. The molecule has 0 saturated carbocycles. The highest BCUT2D eigenvalue weighted by Gasteiger charge is 2.12. The van der Waals surface area contributed by atoms with Crippen molar-refractivity contribution in [3.63, 3.8) is 0 Å². The lowest BCUT2D eigenvalue weighted by molar-refractivity contribution is 0.602. The predicted octanol–water partition coefficient (Wildman–Crippen LogP) is 2.85. The number of sulfonamides is 1. The molecule has 3 N–H and O–H groups in total. The Morgan fingerprint density at radius 1 is 1.29 bits per heavy atom. The standard InChI is InChI=1S/C13H14ClN3O2S2/c14-13-12(5-2-6-16-13)17-21(18,19)8-7-20-11-4-1-3-10(15)9-11/h1-6,9,17H,7-8,15H2. The lowest BCUT2D eigenvalue weighted by Gasteiger charge is -2.08. The number of thioether (sulfide) groups is 1. The Hall–Kier alpha value is -1.44. The van der Waals surface area contributed by atoms with E-state index < -0.39 is 10.0 Å². The fraction of sp³-hybridized carbons (Fsp3) is 0.154. The van der Waals surface area contributed by atoms with Crippen molar-refractivity contribution >= 4 is 44.8 Å². The van der Waals surface area contributed by atoms with Gasteiger partial charge in [0.1, 0.15) is 0 Å². The van der Waals surface area contributed by atoms with Crippen molar-refractivity contribution in [1.82, 2.24) is 4.98 Å². The number of nitrogens with two attached hydrogens (primary N) is 1. The van der Waals surface area contributed by atoms with Crippen molar-refractivity contribution in [1.29, 1.82) is 0 Å². The first-order valence-corrected chi connectivity index (χ1v) is 9.07. The third-order valence-corrected chi connectivity index (χ3v) is 5.33. The summed E-state index contributed by atoms with van der Waals surface area (Å²) in [7, 11) is -3.46. The van der Waals surface area contributed by atoms with Crippen LogP contribution < -0.4 is 10.5 Å². The zero-order chi connectivity index (χ0) is 15.3. The SMILES string of the molecule is Nc1cccc(SCCS(=O)(=O)Nc2cccnc2Cl)c1.